The van der Waals surface area contributed by atoms with Crippen molar-refractivity contribution in [3.05, 3.63) is 52.9 Å². The van der Waals surface area contributed by atoms with Crippen LogP contribution in [0.25, 0.3) is 0 Å². The molecule has 1 heterocycles. The van der Waals surface area contributed by atoms with Gasteiger partial charge in [0, 0.05) is 10.7 Å². The molecule has 2 rings (SSSR count). The van der Waals surface area contributed by atoms with E-state index in [-0.39, 0.29) is 17.4 Å². The molecule has 0 bridgehead atoms. The molecule has 0 saturated heterocycles. The average Bonchev–Trinajstić information content (AvgIpc) is 2.90. The van der Waals surface area contributed by atoms with Crippen LogP contribution in [-0.2, 0) is 10.5 Å². The van der Waals surface area contributed by atoms with E-state index in [4.69, 9.17) is 21.1 Å². The Morgan fingerprint density at radius 3 is 2.52 bits per heavy atom. The third kappa shape index (κ3) is 4.84. The van der Waals surface area contributed by atoms with Gasteiger partial charge in [0.15, 0.2) is 0 Å². The maximum absolute atomic E-state index is 11.7. The number of nitrogens with one attached hydrogen (secondary N) is 1. The molecule has 0 aliphatic heterocycles. The van der Waals surface area contributed by atoms with E-state index in [0.29, 0.717) is 22.2 Å². The molecule has 0 spiro atoms. The van der Waals surface area contributed by atoms with Gasteiger partial charge < -0.3 is 14.8 Å². The fraction of sp³-hybridized carbons (Fsp3) is 0.143. The zero-order valence-corrected chi connectivity index (χ0v) is 12.4. The highest BCUT2D eigenvalue weighted by Gasteiger charge is 2.09. The normalized spacial score (nSPS) is 10.3. The minimum absolute atomic E-state index is 0.101. The summed E-state index contributed by atoms with van der Waals surface area (Å²) in [6.07, 6.45) is 0. The van der Waals surface area contributed by atoms with Gasteiger partial charge in [0.1, 0.15) is 5.76 Å². The molecule has 0 atom stereocenters. The standard InChI is InChI=1S/C14H12ClNO4S/c15-9-1-3-10(4-2-9)16-13(17)8-21-7-11-5-6-12(20-11)14(18)19/h1-6H,7-8H2,(H,16,17)(H,18,19). The first-order valence-corrected chi connectivity index (χ1v) is 7.53. The van der Waals surface area contributed by atoms with Crippen LogP contribution >= 0.6 is 23.4 Å². The Bertz CT molecular complexity index is 639. The third-order valence-corrected chi connectivity index (χ3v) is 3.68. The number of carboxylic acids is 1. The second kappa shape index (κ2) is 7.19. The van der Waals surface area contributed by atoms with Crippen LogP contribution in [0.5, 0.6) is 0 Å². The Labute approximate surface area is 130 Å². The van der Waals surface area contributed by atoms with E-state index < -0.39 is 5.97 Å². The summed E-state index contributed by atoms with van der Waals surface area (Å²) >= 11 is 7.09. The minimum atomic E-state index is -1.10. The van der Waals surface area contributed by atoms with Gasteiger partial charge in [-0.1, -0.05) is 11.6 Å². The highest BCUT2D eigenvalue weighted by Crippen LogP contribution is 2.17. The lowest BCUT2D eigenvalue weighted by Gasteiger charge is -2.04. The summed E-state index contributed by atoms with van der Waals surface area (Å²) in [5.41, 5.74) is 0.677. The third-order valence-electron chi connectivity index (χ3n) is 2.48. The first kappa shape index (κ1) is 15.5. The second-order valence-electron chi connectivity index (χ2n) is 4.12. The van der Waals surface area contributed by atoms with Gasteiger partial charge in [-0.25, -0.2) is 4.79 Å². The van der Waals surface area contributed by atoms with Crippen LogP contribution in [0, 0.1) is 0 Å². The molecule has 0 unspecified atom stereocenters. The fourth-order valence-electron chi connectivity index (χ4n) is 1.55. The number of anilines is 1. The topological polar surface area (TPSA) is 79.5 Å². The minimum Gasteiger partial charge on any atom is -0.475 e. The van der Waals surface area contributed by atoms with Crippen LogP contribution in [0.4, 0.5) is 5.69 Å². The molecule has 21 heavy (non-hydrogen) atoms. The Morgan fingerprint density at radius 1 is 1.19 bits per heavy atom. The highest BCUT2D eigenvalue weighted by atomic mass is 35.5. The summed E-state index contributed by atoms with van der Waals surface area (Å²) in [7, 11) is 0. The number of carbonyl (C=O) groups is 2. The van der Waals surface area contributed by atoms with Crippen molar-refractivity contribution in [3.8, 4) is 0 Å². The number of rotatable bonds is 6. The van der Waals surface area contributed by atoms with Gasteiger partial charge in [-0.3, -0.25) is 4.79 Å². The van der Waals surface area contributed by atoms with Crippen LogP contribution in [0.15, 0.2) is 40.8 Å². The zero-order chi connectivity index (χ0) is 15.2. The molecular formula is C14H12ClNO4S. The smallest absolute Gasteiger partial charge is 0.371 e. The van der Waals surface area contributed by atoms with E-state index in [1.165, 1.54) is 17.8 Å². The van der Waals surface area contributed by atoms with Crippen molar-refractivity contribution in [2.45, 2.75) is 5.75 Å². The molecule has 0 aliphatic rings. The fourth-order valence-corrected chi connectivity index (χ4v) is 2.39. The van der Waals surface area contributed by atoms with Crippen molar-refractivity contribution < 1.29 is 19.1 Å². The number of carboxylic acid groups (broad SMARTS) is 1. The van der Waals surface area contributed by atoms with Crippen LogP contribution in [-0.4, -0.2) is 22.7 Å². The predicted molar refractivity (Wildman–Crippen MR) is 81.9 cm³/mol. The van der Waals surface area contributed by atoms with Crippen molar-refractivity contribution >= 4 is 40.9 Å². The Hall–Kier alpha value is -1.92. The van der Waals surface area contributed by atoms with Gasteiger partial charge in [-0.2, -0.15) is 0 Å². The number of hydrogen-bond acceptors (Lipinski definition) is 4. The maximum atomic E-state index is 11.7. The van der Waals surface area contributed by atoms with Gasteiger partial charge in [0.25, 0.3) is 0 Å². The molecule has 110 valence electrons. The second-order valence-corrected chi connectivity index (χ2v) is 5.54. The number of hydrogen-bond donors (Lipinski definition) is 2. The van der Waals surface area contributed by atoms with Crippen molar-refractivity contribution in [2.24, 2.45) is 0 Å². The number of furan rings is 1. The van der Waals surface area contributed by atoms with Crippen LogP contribution in [0.3, 0.4) is 0 Å². The molecule has 2 N–H and O–H groups in total. The van der Waals surface area contributed by atoms with Crippen molar-refractivity contribution in [1.29, 1.82) is 0 Å². The molecule has 1 amide bonds. The lowest BCUT2D eigenvalue weighted by atomic mass is 10.3. The SMILES string of the molecule is O=C(CSCc1ccc(C(=O)O)o1)Nc1ccc(Cl)cc1. The van der Waals surface area contributed by atoms with Gasteiger partial charge in [-0.15, -0.1) is 11.8 Å². The number of halogens is 1. The Balaban J connectivity index is 1.76. The summed E-state index contributed by atoms with van der Waals surface area (Å²) < 4.78 is 5.09. The molecule has 0 fully saturated rings. The number of amides is 1. The summed E-state index contributed by atoms with van der Waals surface area (Å²) in [5.74, 6) is -0.153. The lowest BCUT2D eigenvalue weighted by Crippen LogP contribution is -2.13. The largest absolute Gasteiger partial charge is 0.475 e. The quantitative estimate of drug-likeness (QED) is 0.849. The van der Waals surface area contributed by atoms with Crippen molar-refractivity contribution in [1.82, 2.24) is 0 Å². The summed E-state index contributed by atoms with van der Waals surface area (Å²) in [4.78, 5) is 22.4. The van der Waals surface area contributed by atoms with E-state index in [0.717, 1.165) is 0 Å². The predicted octanol–water partition coefficient (Wildman–Crippen LogP) is 3.50. The first-order valence-electron chi connectivity index (χ1n) is 6.00. The summed E-state index contributed by atoms with van der Waals surface area (Å²) in [6, 6.07) is 9.81. The lowest BCUT2D eigenvalue weighted by molar-refractivity contribution is -0.113. The molecule has 1 aromatic carbocycles. The summed E-state index contributed by atoms with van der Waals surface area (Å²) in [6.45, 7) is 0. The molecule has 5 nitrogen and oxygen atoms in total. The van der Waals surface area contributed by atoms with Gasteiger partial charge in [-0.05, 0) is 36.4 Å². The number of benzene rings is 1. The molecule has 2 aromatic rings. The van der Waals surface area contributed by atoms with E-state index >= 15 is 0 Å². The van der Waals surface area contributed by atoms with Gasteiger partial charge in [0.2, 0.25) is 11.7 Å². The van der Waals surface area contributed by atoms with E-state index in [2.05, 4.69) is 5.32 Å². The Morgan fingerprint density at radius 2 is 1.90 bits per heavy atom. The van der Waals surface area contributed by atoms with Crippen LogP contribution < -0.4 is 5.32 Å². The van der Waals surface area contributed by atoms with Crippen LogP contribution in [0.1, 0.15) is 16.3 Å². The van der Waals surface area contributed by atoms with Gasteiger partial charge >= 0.3 is 5.97 Å². The van der Waals surface area contributed by atoms with Crippen molar-refractivity contribution in [3.63, 3.8) is 0 Å². The average molecular weight is 326 g/mol. The highest BCUT2D eigenvalue weighted by molar-refractivity contribution is 7.99. The molecule has 1 aromatic heterocycles. The van der Waals surface area contributed by atoms with E-state index in [1.807, 2.05) is 0 Å². The Kier molecular flexibility index (Phi) is 5.30. The monoisotopic (exact) mass is 325 g/mol. The van der Waals surface area contributed by atoms with E-state index in [1.54, 1.807) is 30.3 Å². The first-order chi connectivity index (χ1) is 10.0. The number of carbonyl (C=O) groups excluding carboxylic acids is 1. The summed E-state index contributed by atoms with van der Waals surface area (Å²) in [5, 5.41) is 12.1. The maximum Gasteiger partial charge on any atom is 0.371 e. The molecular weight excluding hydrogens is 314 g/mol. The number of thioether (sulfide) groups is 1. The number of aromatic carboxylic acids is 1. The van der Waals surface area contributed by atoms with Crippen LogP contribution in [0.2, 0.25) is 5.02 Å². The molecule has 0 radical (unpaired) electrons. The zero-order valence-electron chi connectivity index (χ0n) is 10.8. The molecule has 0 saturated carbocycles. The van der Waals surface area contributed by atoms with Gasteiger partial charge in [0.05, 0.1) is 11.5 Å². The van der Waals surface area contributed by atoms with Crippen molar-refractivity contribution in [2.75, 3.05) is 11.1 Å². The molecule has 7 heteroatoms. The molecule has 0 aliphatic carbocycles. The van der Waals surface area contributed by atoms with E-state index in [9.17, 15) is 9.59 Å².